The van der Waals surface area contributed by atoms with Crippen molar-refractivity contribution in [2.45, 2.75) is 117 Å². The van der Waals surface area contributed by atoms with Crippen molar-refractivity contribution in [1.29, 1.82) is 0 Å². The van der Waals surface area contributed by atoms with Gasteiger partial charge >= 0.3 is 18.1 Å². The Bertz CT molecular complexity index is 1370. The van der Waals surface area contributed by atoms with Crippen LogP contribution in [0, 0.1) is 6.92 Å². The number of hydrogen-bond donors (Lipinski definition) is 0. The van der Waals surface area contributed by atoms with Crippen LogP contribution in [0.25, 0.3) is 11.1 Å². The summed E-state index contributed by atoms with van der Waals surface area (Å²) in [7, 11) is 0. The zero-order valence-corrected chi connectivity index (χ0v) is 28.0. The Morgan fingerprint density at radius 2 is 1.19 bits per heavy atom. The number of esters is 2. The third-order valence-corrected chi connectivity index (χ3v) is 8.12. The summed E-state index contributed by atoms with van der Waals surface area (Å²) in [5.74, 6) is -0.631. The lowest BCUT2D eigenvalue weighted by atomic mass is 10.0. The molecular formula is C39H49F3O5. The molecule has 0 aliphatic heterocycles. The number of carbonyl (C=O) groups excluding carboxylic acids is 2. The minimum Gasteiger partial charge on any atom is -0.494 e. The minimum absolute atomic E-state index is 0.0392. The van der Waals surface area contributed by atoms with Gasteiger partial charge in [-0.3, -0.25) is 0 Å². The van der Waals surface area contributed by atoms with Crippen molar-refractivity contribution < 1.29 is 37.0 Å². The van der Waals surface area contributed by atoms with Gasteiger partial charge in [0, 0.05) is 0 Å². The number of carbonyl (C=O) groups is 2. The molecule has 0 bridgehead atoms. The Morgan fingerprint density at radius 1 is 0.660 bits per heavy atom. The van der Waals surface area contributed by atoms with Crippen LogP contribution in [-0.2, 0) is 4.74 Å². The second-order valence-corrected chi connectivity index (χ2v) is 12.1. The van der Waals surface area contributed by atoms with Gasteiger partial charge in [0.25, 0.3) is 0 Å². The largest absolute Gasteiger partial charge is 0.494 e. The molecule has 1 atom stereocenters. The van der Waals surface area contributed by atoms with Crippen molar-refractivity contribution in [1.82, 2.24) is 0 Å². The molecule has 8 heteroatoms. The first-order valence-electron chi connectivity index (χ1n) is 17.1. The third-order valence-electron chi connectivity index (χ3n) is 8.12. The van der Waals surface area contributed by atoms with Crippen molar-refractivity contribution in [2.24, 2.45) is 0 Å². The summed E-state index contributed by atoms with van der Waals surface area (Å²) in [5.41, 5.74) is 2.62. The van der Waals surface area contributed by atoms with E-state index in [1.54, 1.807) is 19.1 Å². The van der Waals surface area contributed by atoms with E-state index in [0.29, 0.717) is 30.6 Å². The fraction of sp³-hybridized carbons (Fsp3) is 0.487. The fourth-order valence-corrected chi connectivity index (χ4v) is 5.26. The molecule has 0 amide bonds. The molecule has 256 valence electrons. The lowest BCUT2D eigenvalue weighted by Gasteiger charge is -2.21. The molecule has 3 aromatic rings. The molecule has 0 heterocycles. The molecule has 3 aromatic carbocycles. The Kier molecular flexibility index (Phi) is 15.8. The van der Waals surface area contributed by atoms with Crippen LogP contribution >= 0.6 is 0 Å². The Labute approximate surface area is 277 Å². The van der Waals surface area contributed by atoms with Crippen LogP contribution in [0.1, 0.15) is 124 Å². The predicted molar refractivity (Wildman–Crippen MR) is 180 cm³/mol. The molecule has 0 aliphatic carbocycles. The molecule has 0 radical (unpaired) electrons. The number of benzene rings is 3. The van der Waals surface area contributed by atoms with Crippen LogP contribution in [0.3, 0.4) is 0 Å². The Morgan fingerprint density at radius 3 is 1.77 bits per heavy atom. The summed E-state index contributed by atoms with van der Waals surface area (Å²) in [4.78, 5) is 25.5. The fourth-order valence-electron chi connectivity index (χ4n) is 5.26. The molecule has 3 rings (SSSR count). The third kappa shape index (κ3) is 13.1. The van der Waals surface area contributed by atoms with Crippen LogP contribution in [0.4, 0.5) is 13.2 Å². The van der Waals surface area contributed by atoms with Crippen molar-refractivity contribution in [3.8, 4) is 22.6 Å². The van der Waals surface area contributed by atoms with E-state index in [0.717, 1.165) is 49.0 Å². The first-order valence-corrected chi connectivity index (χ1v) is 17.1. The standard InChI is InChI=1S/C39H49F3O5/c1-4-6-8-10-12-14-16-36(39(40,41)42)47-38(44)33-23-26-35(29(3)28-33)46-37(43)32-19-17-30(18-20-32)31-21-24-34(25-22-31)45-27-15-13-11-9-7-5-2/h17-26,28,36H,4-16,27H2,1-3H3/t36-/m0/s1. The second kappa shape index (κ2) is 19.8. The summed E-state index contributed by atoms with van der Waals surface area (Å²) >= 11 is 0. The number of rotatable bonds is 20. The van der Waals surface area contributed by atoms with E-state index < -0.39 is 24.2 Å². The maximum absolute atomic E-state index is 13.6. The summed E-state index contributed by atoms with van der Waals surface area (Å²) in [6, 6.07) is 18.9. The number of unbranched alkanes of at least 4 members (excludes halogenated alkanes) is 10. The van der Waals surface area contributed by atoms with E-state index in [9.17, 15) is 22.8 Å². The molecule has 0 unspecified atom stereocenters. The number of halogens is 3. The molecule has 47 heavy (non-hydrogen) atoms. The lowest BCUT2D eigenvalue weighted by Crippen LogP contribution is -2.33. The minimum atomic E-state index is -4.65. The van der Waals surface area contributed by atoms with Gasteiger partial charge in [-0.05, 0) is 85.3 Å². The topological polar surface area (TPSA) is 61.8 Å². The predicted octanol–water partition coefficient (Wildman–Crippen LogP) is 11.5. The van der Waals surface area contributed by atoms with Crippen molar-refractivity contribution in [2.75, 3.05) is 6.61 Å². The van der Waals surface area contributed by atoms with E-state index >= 15 is 0 Å². The quantitative estimate of drug-likeness (QED) is 0.0689. The monoisotopic (exact) mass is 654 g/mol. The average Bonchev–Trinajstić information content (AvgIpc) is 3.06. The summed E-state index contributed by atoms with van der Waals surface area (Å²) in [6.07, 6.45) is 5.14. The zero-order valence-electron chi connectivity index (χ0n) is 28.0. The summed E-state index contributed by atoms with van der Waals surface area (Å²) in [6.45, 7) is 6.60. The highest BCUT2D eigenvalue weighted by molar-refractivity contribution is 5.93. The van der Waals surface area contributed by atoms with Crippen molar-refractivity contribution in [3.63, 3.8) is 0 Å². The maximum atomic E-state index is 13.6. The highest BCUT2D eigenvalue weighted by Crippen LogP contribution is 2.29. The number of hydrogen-bond acceptors (Lipinski definition) is 5. The molecule has 0 saturated heterocycles. The first kappa shape index (κ1) is 37.6. The van der Waals surface area contributed by atoms with Crippen LogP contribution in [0.5, 0.6) is 11.5 Å². The van der Waals surface area contributed by atoms with Crippen LogP contribution in [-0.4, -0.2) is 30.8 Å². The van der Waals surface area contributed by atoms with E-state index in [2.05, 4.69) is 13.8 Å². The van der Waals surface area contributed by atoms with Gasteiger partial charge in [-0.25, -0.2) is 9.59 Å². The molecule has 5 nitrogen and oxygen atoms in total. The zero-order chi connectivity index (χ0) is 34.1. The molecule has 0 saturated carbocycles. The van der Waals surface area contributed by atoms with E-state index in [1.165, 1.54) is 50.3 Å². The van der Waals surface area contributed by atoms with Crippen molar-refractivity contribution in [3.05, 3.63) is 83.4 Å². The van der Waals surface area contributed by atoms with Crippen LogP contribution in [0.15, 0.2) is 66.7 Å². The van der Waals surface area contributed by atoms with Crippen molar-refractivity contribution >= 4 is 11.9 Å². The van der Waals surface area contributed by atoms with Crippen LogP contribution in [0.2, 0.25) is 0 Å². The molecule has 0 aliphatic rings. The maximum Gasteiger partial charge on any atom is 0.425 e. The Balaban J connectivity index is 1.51. The van der Waals surface area contributed by atoms with E-state index in [1.807, 2.05) is 36.4 Å². The van der Waals surface area contributed by atoms with Gasteiger partial charge in [0.2, 0.25) is 0 Å². The molecule has 0 aromatic heterocycles. The van der Waals surface area contributed by atoms with E-state index in [-0.39, 0.29) is 17.7 Å². The van der Waals surface area contributed by atoms with Gasteiger partial charge in [-0.15, -0.1) is 0 Å². The van der Waals surface area contributed by atoms with Gasteiger partial charge in [0.05, 0.1) is 17.7 Å². The number of ether oxygens (including phenoxy) is 3. The SMILES string of the molecule is CCCCCCCCOc1ccc(-c2ccc(C(=O)Oc3ccc(C(=O)O[C@@H](CCCCCCCC)C(F)(F)F)cc3C)cc2)cc1. The van der Waals surface area contributed by atoms with Gasteiger partial charge in [-0.1, -0.05) is 102 Å². The smallest absolute Gasteiger partial charge is 0.425 e. The second-order valence-electron chi connectivity index (χ2n) is 12.1. The first-order chi connectivity index (χ1) is 22.6. The lowest BCUT2D eigenvalue weighted by molar-refractivity contribution is -0.206. The number of alkyl halides is 3. The van der Waals surface area contributed by atoms with Crippen LogP contribution < -0.4 is 9.47 Å². The molecular weight excluding hydrogens is 605 g/mol. The van der Waals surface area contributed by atoms with Gasteiger partial charge in [0.1, 0.15) is 11.5 Å². The van der Waals surface area contributed by atoms with Gasteiger partial charge < -0.3 is 14.2 Å². The summed E-state index contributed by atoms with van der Waals surface area (Å²) in [5, 5.41) is 0. The highest BCUT2D eigenvalue weighted by atomic mass is 19.4. The van der Waals surface area contributed by atoms with Gasteiger partial charge in [0.15, 0.2) is 6.10 Å². The molecule has 0 fully saturated rings. The Hall–Kier alpha value is -3.81. The number of aryl methyl sites for hydroxylation is 1. The van der Waals surface area contributed by atoms with Gasteiger partial charge in [-0.2, -0.15) is 13.2 Å². The van der Waals surface area contributed by atoms with E-state index in [4.69, 9.17) is 14.2 Å². The molecule has 0 spiro atoms. The highest BCUT2D eigenvalue weighted by Gasteiger charge is 2.42. The normalized spacial score (nSPS) is 12.0. The molecule has 0 N–H and O–H groups in total. The average molecular weight is 655 g/mol. The summed E-state index contributed by atoms with van der Waals surface area (Å²) < 4.78 is 57.0.